The average Bonchev–Trinajstić information content (AvgIpc) is 2.80. The van der Waals surface area contributed by atoms with Crippen LogP contribution in [0, 0.1) is 17.8 Å². The lowest BCUT2D eigenvalue weighted by Gasteiger charge is -2.31. The van der Waals surface area contributed by atoms with Gasteiger partial charge in [-0.1, -0.05) is 6.92 Å². The number of nitrogens with two attached hydrogens (primary N) is 1. The van der Waals surface area contributed by atoms with E-state index in [0.29, 0.717) is 11.8 Å². The Kier molecular flexibility index (Phi) is 4.62. The topological polar surface area (TPSA) is 64.4 Å². The van der Waals surface area contributed by atoms with E-state index in [1.54, 1.807) is 0 Å². The summed E-state index contributed by atoms with van der Waals surface area (Å²) >= 11 is 0. The third-order valence-corrected chi connectivity index (χ3v) is 4.39. The average molecular weight is 254 g/mol. The summed E-state index contributed by atoms with van der Waals surface area (Å²) in [6, 6.07) is 0.406. The number of nitrogens with one attached hydrogen (secondary N) is 1. The van der Waals surface area contributed by atoms with Crippen molar-refractivity contribution in [3.63, 3.8) is 0 Å². The zero-order valence-corrected chi connectivity index (χ0v) is 11.5. The van der Waals surface area contributed by atoms with Crippen molar-refractivity contribution in [3.05, 3.63) is 0 Å². The first kappa shape index (κ1) is 13.8. The van der Waals surface area contributed by atoms with Gasteiger partial charge in [-0.3, -0.25) is 4.79 Å². The number of rotatable bonds is 3. The molecule has 5 unspecified atom stereocenters. The zero-order valence-electron chi connectivity index (χ0n) is 11.5. The number of carbonyl (C=O) groups is 1. The van der Waals surface area contributed by atoms with Crippen LogP contribution in [0.2, 0.25) is 0 Å². The molecule has 1 heterocycles. The van der Waals surface area contributed by atoms with Crippen molar-refractivity contribution in [2.24, 2.45) is 23.5 Å². The number of hydrogen-bond acceptors (Lipinski definition) is 3. The number of hydrogen-bond donors (Lipinski definition) is 2. The molecule has 2 aliphatic rings. The van der Waals surface area contributed by atoms with E-state index in [1.807, 2.05) is 0 Å². The van der Waals surface area contributed by atoms with E-state index in [2.05, 4.69) is 19.2 Å². The van der Waals surface area contributed by atoms with Gasteiger partial charge < -0.3 is 15.8 Å². The minimum absolute atomic E-state index is 0.105. The van der Waals surface area contributed by atoms with Gasteiger partial charge in [0, 0.05) is 30.5 Å². The van der Waals surface area contributed by atoms with Crippen LogP contribution in [0.5, 0.6) is 0 Å². The van der Waals surface area contributed by atoms with E-state index < -0.39 is 0 Å². The van der Waals surface area contributed by atoms with Gasteiger partial charge in [-0.2, -0.15) is 0 Å². The number of ether oxygens (including phenoxy) is 1. The molecule has 4 nitrogen and oxygen atoms in total. The molecule has 18 heavy (non-hydrogen) atoms. The molecule has 1 amide bonds. The van der Waals surface area contributed by atoms with Crippen LogP contribution in [0.4, 0.5) is 0 Å². The molecule has 1 aliphatic carbocycles. The second-order valence-electron chi connectivity index (χ2n) is 6.19. The van der Waals surface area contributed by atoms with Gasteiger partial charge in [0.15, 0.2) is 0 Å². The quantitative estimate of drug-likeness (QED) is 0.797. The van der Waals surface area contributed by atoms with Crippen molar-refractivity contribution in [1.29, 1.82) is 0 Å². The van der Waals surface area contributed by atoms with Crippen molar-refractivity contribution in [1.82, 2.24) is 5.32 Å². The predicted molar refractivity (Wildman–Crippen MR) is 71.0 cm³/mol. The van der Waals surface area contributed by atoms with Crippen LogP contribution >= 0.6 is 0 Å². The molecule has 1 saturated heterocycles. The molecule has 3 N–H and O–H groups in total. The maximum atomic E-state index is 12.2. The molecule has 0 aromatic rings. The summed E-state index contributed by atoms with van der Waals surface area (Å²) in [5.74, 6) is 1.34. The largest absolute Gasteiger partial charge is 0.381 e. The molecule has 2 fully saturated rings. The Morgan fingerprint density at radius 1 is 1.39 bits per heavy atom. The van der Waals surface area contributed by atoms with Crippen molar-refractivity contribution >= 4 is 5.91 Å². The van der Waals surface area contributed by atoms with Gasteiger partial charge in [0.2, 0.25) is 5.91 Å². The van der Waals surface area contributed by atoms with Crippen LogP contribution in [0.15, 0.2) is 0 Å². The van der Waals surface area contributed by atoms with Crippen LogP contribution < -0.4 is 11.1 Å². The van der Waals surface area contributed by atoms with E-state index >= 15 is 0 Å². The Balaban J connectivity index is 1.83. The van der Waals surface area contributed by atoms with E-state index in [4.69, 9.17) is 10.5 Å². The lowest BCUT2D eigenvalue weighted by molar-refractivity contribution is -0.127. The van der Waals surface area contributed by atoms with Gasteiger partial charge in [0.05, 0.1) is 6.61 Å². The Hall–Kier alpha value is -0.610. The molecule has 1 saturated carbocycles. The van der Waals surface area contributed by atoms with Crippen LogP contribution in [0.25, 0.3) is 0 Å². The Morgan fingerprint density at radius 3 is 2.78 bits per heavy atom. The Bertz CT molecular complexity index is 280. The maximum absolute atomic E-state index is 12.2. The summed E-state index contributed by atoms with van der Waals surface area (Å²) in [6.07, 6.45) is 3.93. The molecule has 0 bridgehead atoms. The third-order valence-electron chi connectivity index (χ3n) is 4.39. The minimum atomic E-state index is 0.105. The number of carbonyl (C=O) groups excluding carboxylic acids is 1. The first-order chi connectivity index (χ1) is 8.56. The lowest BCUT2D eigenvalue weighted by atomic mass is 9.79. The minimum Gasteiger partial charge on any atom is -0.381 e. The highest BCUT2D eigenvalue weighted by atomic mass is 16.5. The molecule has 104 valence electrons. The molecule has 0 aromatic carbocycles. The van der Waals surface area contributed by atoms with Crippen molar-refractivity contribution in [2.45, 2.75) is 51.6 Å². The maximum Gasteiger partial charge on any atom is 0.223 e. The Labute approximate surface area is 110 Å². The normalized spacial score (nSPS) is 38.4. The number of amides is 1. The second kappa shape index (κ2) is 6.02. The van der Waals surface area contributed by atoms with Gasteiger partial charge in [-0.25, -0.2) is 0 Å². The van der Waals surface area contributed by atoms with Crippen LogP contribution in [0.3, 0.4) is 0 Å². The highest BCUT2D eigenvalue weighted by molar-refractivity contribution is 5.79. The van der Waals surface area contributed by atoms with Crippen LogP contribution in [-0.2, 0) is 9.53 Å². The highest BCUT2D eigenvalue weighted by Crippen LogP contribution is 2.28. The predicted octanol–water partition coefficient (Wildman–Crippen LogP) is 1.29. The fourth-order valence-corrected chi connectivity index (χ4v) is 3.28. The second-order valence-corrected chi connectivity index (χ2v) is 6.19. The summed E-state index contributed by atoms with van der Waals surface area (Å²) in [7, 11) is 0. The van der Waals surface area contributed by atoms with Gasteiger partial charge in [-0.15, -0.1) is 0 Å². The van der Waals surface area contributed by atoms with Crippen LogP contribution in [0.1, 0.15) is 39.5 Å². The summed E-state index contributed by atoms with van der Waals surface area (Å²) in [4.78, 5) is 12.2. The summed E-state index contributed by atoms with van der Waals surface area (Å²) < 4.78 is 5.37. The van der Waals surface area contributed by atoms with Gasteiger partial charge in [0.25, 0.3) is 0 Å². The lowest BCUT2D eigenvalue weighted by Crippen LogP contribution is -2.45. The summed E-state index contributed by atoms with van der Waals surface area (Å²) in [5.41, 5.74) is 6.01. The van der Waals surface area contributed by atoms with Crippen molar-refractivity contribution in [2.75, 3.05) is 13.2 Å². The first-order valence-corrected chi connectivity index (χ1v) is 7.20. The van der Waals surface area contributed by atoms with Crippen molar-refractivity contribution in [3.8, 4) is 0 Å². The molecule has 0 aromatic heterocycles. The van der Waals surface area contributed by atoms with E-state index in [0.717, 1.165) is 38.9 Å². The monoisotopic (exact) mass is 254 g/mol. The third kappa shape index (κ3) is 3.45. The van der Waals surface area contributed by atoms with Gasteiger partial charge >= 0.3 is 0 Å². The molecular weight excluding hydrogens is 228 g/mol. The highest BCUT2D eigenvalue weighted by Gasteiger charge is 2.31. The van der Waals surface area contributed by atoms with Gasteiger partial charge in [-0.05, 0) is 38.5 Å². The smallest absolute Gasteiger partial charge is 0.223 e. The molecule has 2 rings (SSSR count). The fourth-order valence-electron chi connectivity index (χ4n) is 3.28. The van der Waals surface area contributed by atoms with E-state index in [1.165, 1.54) is 0 Å². The molecule has 4 heteroatoms. The standard InChI is InChI=1S/C14H26N2O2/c1-9-5-12(7-13(15)6-9)14(17)16-10(2)11-3-4-18-8-11/h9-13H,3-8,15H2,1-2H3,(H,16,17). The molecular formula is C14H26N2O2. The molecule has 0 radical (unpaired) electrons. The SMILES string of the molecule is CC1CC(N)CC(C(=O)NC(C)C2CCOC2)C1. The molecule has 1 aliphatic heterocycles. The first-order valence-electron chi connectivity index (χ1n) is 7.20. The summed E-state index contributed by atoms with van der Waals surface area (Å²) in [6.45, 7) is 5.88. The zero-order chi connectivity index (χ0) is 13.1. The molecule has 5 atom stereocenters. The van der Waals surface area contributed by atoms with Crippen LogP contribution in [-0.4, -0.2) is 31.2 Å². The Morgan fingerprint density at radius 2 is 2.17 bits per heavy atom. The van der Waals surface area contributed by atoms with E-state index in [9.17, 15) is 4.79 Å². The van der Waals surface area contributed by atoms with E-state index in [-0.39, 0.29) is 23.9 Å². The summed E-state index contributed by atoms with van der Waals surface area (Å²) in [5, 5.41) is 3.16. The molecule has 0 spiro atoms. The van der Waals surface area contributed by atoms with Gasteiger partial charge in [0.1, 0.15) is 0 Å². The van der Waals surface area contributed by atoms with Crippen molar-refractivity contribution < 1.29 is 9.53 Å². The fraction of sp³-hybridized carbons (Fsp3) is 0.929.